The number of thiol groups is 2. The monoisotopic (exact) mass is 511 g/mol. The third-order valence-electron chi connectivity index (χ3n) is 4.17. The summed E-state index contributed by atoms with van der Waals surface area (Å²) in [5, 5.41) is 0. The number of carbonyl (C=O) groups is 1. The molecule has 15 heteroatoms. The number of nitrogens with two attached hydrogens (primary N) is 1. The highest BCUT2D eigenvalue weighted by Gasteiger charge is 2.31. The van der Waals surface area contributed by atoms with Crippen LogP contribution in [0.2, 0.25) is 0 Å². The van der Waals surface area contributed by atoms with Crippen LogP contribution < -0.4 is 5.73 Å². The molecule has 3 rings (SSSR count). The first kappa shape index (κ1) is 24.8. The zero-order valence-corrected chi connectivity index (χ0v) is 20.0. The van der Waals surface area contributed by atoms with E-state index in [0.29, 0.717) is 30.1 Å². The molecule has 170 valence electrons. The fraction of sp³-hybridized carbons (Fsp3) is 0.500. The number of imidazole rings is 1. The number of alkyl halides is 1. The van der Waals surface area contributed by atoms with E-state index in [9.17, 15) is 9.18 Å². The first-order valence-electron chi connectivity index (χ1n) is 9.01. The van der Waals surface area contributed by atoms with Crippen molar-refractivity contribution in [3.8, 4) is 0 Å². The molecule has 1 fully saturated rings. The lowest BCUT2D eigenvalue weighted by Crippen LogP contribution is -2.21. The number of fused-ring (bicyclic) bond motifs is 1. The number of carbonyl (C=O) groups excluding carboxylic acids is 1. The third-order valence-corrected chi connectivity index (χ3v) is 7.07. The van der Waals surface area contributed by atoms with Gasteiger partial charge in [-0.2, -0.15) is 4.52 Å². The van der Waals surface area contributed by atoms with Crippen molar-refractivity contribution in [2.45, 2.75) is 25.4 Å². The molecule has 0 radical (unpaired) electrons. The van der Waals surface area contributed by atoms with Crippen molar-refractivity contribution < 1.29 is 32.2 Å². The Morgan fingerprint density at radius 2 is 2.35 bits per heavy atom. The summed E-state index contributed by atoms with van der Waals surface area (Å²) in [6.45, 7) is -0.249. The number of aromatic nitrogens is 3. The molecular formula is C16H22FN4O6P2S2+. The van der Waals surface area contributed by atoms with Gasteiger partial charge in [-0.05, 0) is 6.07 Å². The normalized spacial score (nSPS) is 20.5. The molecule has 1 aliphatic heterocycles. The van der Waals surface area contributed by atoms with Crippen LogP contribution in [0.25, 0.3) is 11.2 Å². The van der Waals surface area contributed by atoms with E-state index in [0.717, 1.165) is 0 Å². The number of pyridine rings is 1. The van der Waals surface area contributed by atoms with E-state index in [2.05, 4.69) is 34.5 Å². The Morgan fingerprint density at radius 1 is 1.55 bits per heavy atom. The largest absolute Gasteiger partial charge is 0.375 e. The molecule has 0 aliphatic carbocycles. The van der Waals surface area contributed by atoms with Crippen molar-refractivity contribution in [2.24, 2.45) is 5.73 Å². The maximum Gasteiger partial charge on any atom is 0.351 e. The van der Waals surface area contributed by atoms with E-state index < -0.39 is 32.7 Å². The van der Waals surface area contributed by atoms with E-state index in [1.165, 1.54) is 19.3 Å². The fourth-order valence-corrected chi connectivity index (χ4v) is 5.03. The van der Waals surface area contributed by atoms with Crippen LogP contribution in [-0.2, 0) is 36.2 Å². The quantitative estimate of drug-likeness (QED) is 0.311. The Labute approximate surface area is 190 Å². The predicted molar refractivity (Wildman–Crippen MR) is 122 cm³/mol. The van der Waals surface area contributed by atoms with Crippen LogP contribution in [0.15, 0.2) is 12.3 Å². The Bertz CT molecular complexity index is 952. The maximum absolute atomic E-state index is 13.7. The van der Waals surface area contributed by atoms with Gasteiger partial charge in [-0.15, -0.1) is 0 Å². The Morgan fingerprint density at radius 3 is 3.03 bits per heavy atom. The molecule has 0 saturated carbocycles. The van der Waals surface area contributed by atoms with E-state index in [1.807, 2.05) is 0 Å². The zero-order chi connectivity index (χ0) is 22.4. The van der Waals surface area contributed by atoms with Gasteiger partial charge in [-0.1, -0.05) is 12.2 Å². The van der Waals surface area contributed by atoms with E-state index in [4.69, 9.17) is 28.8 Å². The second kappa shape index (κ2) is 11.8. The molecule has 3 unspecified atom stereocenters. The topological polar surface area (TPSA) is 120 Å². The predicted octanol–water partition coefficient (Wildman–Crippen LogP) is 2.62. The molecule has 0 aromatic carbocycles. The summed E-state index contributed by atoms with van der Waals surface area (Å²) in [6, 6.07) is 1.55. The Kier molecular flexibility index (Phi) is 9.45. The summed E-state index contributed by atoms with van der Waals surface area (Å²) in [7, 11) is -0.141. The number of ether oxygens (including phenoxy) is 2. The lowest BCUT2D eigenvalue weighted by atomic mass is 10.2. The van der Waals surface area contributed by atoms with Gasteiger partial charge in [0.15, 0.2) is 11.8 Å². The van der Waals surface area contributed by atoms with Gasteiger partial charge in [0, 0.05) is 13.3 Å². The number of hydrogen-bond acceptors (Lipinski definition) is 10. The molecule has 2 aromatic heterocycles. The van der Waals surface area contributed by atoms with Gasteiger partial charge in [0.05, 0.1) is 25.3 Å². The van der Waals surface area contributed by atoms with Crippen molar-refractivity contribution in [2.75, 3.05) is 26.9 Å². The van der Waals surface area contributed by atoms with Crippen molar-refractivity contribution in [3.63, 3.8) is 0 Å². The summed E-state index contributed by atoms with van der Waals surface area (Å²) >= 11 is 8.56. The first-order chi connectivity index (χ1) is 14.9. The molecule has 0 spiro atoms. The zero-order valence-electron chi connectivity index (χ0n) is 16.5. The standard InChI is InChI=1S/C16H21FN4O6P2S2/c1-23-9-28(30)25-3-2-21-14(8-26-29(31)27-13-7-24-6-11(13)17)20-12-4-10(15(18)22)5-19-16(12)21/h4-5,9,11,13,31H,2-3,6-8H2,1H3,(H2-,18,22,30)/p+1/t11-,13?,29?/m1/s1. The molecular weight excluding hydrogens is 489 g/mol. The van der Waals surface area contributed by atoms with Crippen molar-refractivity contribution >= 4 is 62.1 Å². The number of hydrogen-bond donors (Lipinski definition) is 3. The number of nitrogens with zero attached hydrogens (tertiary/aromatic N) is 3. The lowest BCUT2D eigenvalue weighted by molar-refractivity contribution is 0.1000. The van der Waals surface area contributed by atoms with Crippen LogP contribution >= 0.6 is 39.0 Å². The molecule has 4 atom stereocenters. The second-order valence-electron chi connectivity index (χ2n) is 6.30. The molecule has 2 aromatic rings. The van der Waals surface area contributed by atoms with Crippen molar-refractivity contribution in [1.29, 1.82) is 0 Å². The molecule has 10 nitrogen and oxygen atoms in total. The number of rotatable bonds is 11. The smallest absolute Gasteiger partial charge is 0.351 e. The number of methoxy groups -OCH3 is 1. The van der Waals surface area contributed by atoms with Gasteiger partial charge < -0.3 is 28.8 Å². The van der Waals surface area contributed by atoms with E-state index in [1.54, 1.807) is 10.6 Å². The molecule has 1 amide bonds. The summed E-state index contributed by atoms with van der Waals surface area (Å²) in [5.41, 5.74) is 6.58. The molecule has 3 heterocycles. The highest BCUT2D eigenvalue weighted by molar-refractivity contribution is 8.42. The van der Waals surface area contributed by atoms with Crippen LogP contribution in [0.4, 0.5) is 4.39 Å². The average Bonchev–Trinajstić information content (AvgIpc) is 3.29. The van der Waals surface area contributed by atoms with Crippen molar-refractivity contribution in [3.05, 3.63) is 23.7 Å². The molecule has 1 saturated heterocycles. The van der Waals surface area contributed by atoms with E-state index in [-0.39, 0.29) is 25.4 Å². The van der Waals surface area contributed by atoms with Gasteiger partial charge in [0.25, 0.3) is 5.98 Å². The summed E-state index contributed by atoms with van der Waals surface area (Å²) in [6.07, 6.45) is -0.532. The second-order valence-corrected chi connectivity index (χ2v) is 10.5. The number of primary amides is 1. The lowest BCUT2D eigenvalue weighted by Gasteiger charge is -2.17. The van der Waals surface area contributed by atoms with Crippen LogP contribution in [-0.4, -0.2) is 65.6 Å². The molecule has 31 heavy (non-hydrogen) atoms. The molecule has 0 bridgehead atoms. The van der Waals surface area contributed by atoms with Gasteiger partial charge in [0.2, 0.25) is 13.5 Å². The molecule has 1 aliphatic rings. The van der Waals surface area contributed by atoms with Gasteiger partial charge in [0.1, 0.15) is 42.9 Å². The Hall–Kier alpha value is -0.880. The summed E-state index contributed by atoms with van der Waals surface area (Å²) in [4.78, 5) is 20.3. The van der Waals surface area contributed by atoms with E-state index >= 15 is 0 Å². The first-order valence-corrected chi connectivity index (χ1v) is 13.8. The van der Waals surface area contributed by atoms with Gasteiger partial charge in [-0.3, -0.25) is 4.79 Å². The SMILES string of the molecule is COC=[P+](S)OCCn1c(COP(S)OC2COC[C@H]2F)nc2cc(C(N)=O)cnc21. The van der Waals surface area contributed by atoms with Crippen LogP contribution in [0.3, 0.4) is 0 Å². The fourth-order valence-electron chi connectivity index (χ4n) is 2.75. The van der Waals surface area contributed by atoms with Crippen LogP contribution in [0.5, 0.6) is 0 Å². The highest BCUT2D eigenvalue weighted by atomic mass is 32.7. The minimum atomic E-state index is -1.66. The number of halogens is 1. The average molecular weight is 511 g/mol. The van der Waals surface area contributed by atoms with Gasteiger partial charge >= 0.3 is 6.97 Å². The van der Waals surface area contributed by atoms with Gasteiger partial charge in [-0.25, -0.2) is 14.4 Å². The highest BCUT2D eigenvalue weighted by Crippen LogP contribution is 2.46. The summed E-state index contributed by atoms with van der Waals surface area (Å²) < 4.78 is 42.1. The number of amides is 1. The molecule has 2 N–H and O–H groups in total. The third kappa shape index (κ3) is 6.80. The minimum Gasteiger partial charge on any atom is -0.375 e. The Balaban J connectivity index is 1.73. The summed E-state index contributed by atoms with van der Waals surface area (Å²) in [5.74, 6) is 1.41. The van der Waals surface area contributed by atoms with Crippen LogP contribution in [0, 0.1) is 0 Å². The van der Waals surface area contributed by atoms with Crippen LogP contribution in [0.1, 0.15) is 16.2 Å². The maximum atomic E-state index is 13.7. The van der Waals surface area contributed by atoms with Crippen molar-refractivity contribution in [1.82, 2.24) is 14.5 Å². The minimum absolute atomic E-state index is 0.000533.